The molecule has 0 radical (unpaired) electrons. The highest BCUT2D eigenvalue weighted by molar-refractivity contribution is 7.81. The first kappa shape index (κ1) is 31.4. The van der Waals surface area contributed by atoms with Gasteiger partial charge in [0.15, 0.2) is 0 Å². The van der Waals surface area contributed by atoms with Crippen molar-refractivity contribution >= 4 is 36.3 Å². The summed E-state index contributed by atoms with van der Waals surface area (Å²) in [6.07, 6.45) is 13.2. The molecule has 0 bridgehead atoms. The lowest BCUT2D eigenvalue weighted by molar-refractivity contribution is -0.126. The second-order valence-electron chi connectivity index (χ2n) is 8.30. The summed E-state index contributed by atoms with van der Waals surface area (Å²) in [5.41, 5.74) is 0. The van der Waals surface area contributed by atoms with E-state index in [4.69, 9.17) is 0 Å². The van der Waals surface area contributed by atoms with E-state index in [1.165, 1.54) is 0 Å². The molecule has 192 valence electrons. The molecule has 0 spiro atoms. The van der Waals surface area contributed by atoms with Crippen LogP contribution in [0.4, 0.5) is 0 Å². The number of allylic oxidation sites excluding steroid dienone is 5. The predicted octanol–water partition coefficient (Wildman–Crippen LogP) is 2.43. The molecule has 8 nitrogen and oxygen atoms in total. The van der Waals surface area contributed by atoms with Crippen LogP contribution in [0.3, 0.4) is 0 Å². The van der Waals surface area contributed by atoms with E-state index in [-0.39, 0.29) is 60.2 Å². The summed E-state index contributed by atoms with van der Waals surface area (Å²) < 4.78 is 0. The number of nitrogens with one attached hydrogen (secondary N) is 4. The fraction of sp³-hybridized carbons (Fsp3) is 0.600. The molecule has 0 aromatic heterocycles. The molecule has 0 saturated carbocycles. The van der Waals surface area contributed by atoms with Gasteiger partial charge in [-0.1, -0.05) is 50.3 Å². The van der Waals surface area contributed by atoms with Crippen molar-refractivity contribution in [1.29, 1.82) is 0 Å². The zero-order chi connectivity index (χ0) is 25.8. The highest BCUT2D eigenvalue weighted by Gasteiger charge is 2.22. The number of carbonyl (C=O) groups is 4. The number of hydrogen-bond donors (Lipinski definition) is 5. The van der Waals surface area contributed by atoms with Crippen LogP contribution < -0.4 is 21.3 Å². The van der Waals surface area contributed by atoms with E-state index in [0.717, 1.165) is 0 Å². The molecule has 0 fully saturated rings. The molecular weight excluding hydrogens is 452 g/mol. The third-order valence-corrected chi connectivity index (χ3v) is 5.12. The van der Waals surface area contributed by atoms with Crippen LogP contribution in [0, 0.1) is 5.92 Å². The van der Waals surface area contributed by atoms with Gasteiger partial charge in [0.2, 0.25) is 23.6 Å². The van der Waals surface area contributed by atoms with E-state index in [9.17, 15) is 19.2 Å². The topological polar surface area (TPSA) is 116 Å². The quantitative estimate of drug-likeness (QED) is 0.121. The molecule has 0 heterocycles. The van der Waals surface area contributed by atoms with Gasteiger partial charge in [-0.25, -0.2) is 0 Å². The summed E-state index contributed by atoms with van der Waals surface area (Å²) in [6, 6.07) is -0.377. The Morgan fingerprint density at radius 2 is 1.53 bits per heavy atom. The van der Waals surface area contributed by atoms with Gasteiger partial charge in [-0.05, 0) is 32.6 Å². The van der Waals surface area contributed by atoms with Gasteiger partial charge in [-0.2, -0.15) is 12.6 Å². The monoisotopic (exact) mass is 494 g/mol. The van der Waals surface area contributed by atoms with Gasteiger partial charge in [0, 0.05) is 43.6 Å². The smallest absolute Gasteiger partial charge is 0.239 e. The van der Waals surface area contributed by atoms with Crippen LogP contribution in [0.15, 0.2) is 36.5 Å². The average molecular weight is 495 g/mol. The summed E-state index contributed by atoms with van der Waals surface area (Å²) in [7, 11) is 0. The molecule has 2 unspecified atom stereocenters. The SMILES string of the molecule is C\C=C/C=C\C=C\CC(NC(=O)CNC(=O)CCCNC(=O)CC(C)C)C(S)CC(=O)NCC. The molecule has 9 heteroatoms. The Balaban J connectivity index is 4.58. The van der Waals surface area contributed by atoms with Crippen molar-refractivity contribution in [2.45, 2.75) is 71.1 Å². The Morgan fingerprint density at radius 1 is 0.853 bits per heavy atom. The van der Waals surface area contributed by atoms with Crippen LogP contribution in [0.2, 0.25) is 0 Å². The number of thiol groups is 1. The van der Waals surface area contributed by atoms with Gasteiger partial charge >= 0.3 is 0 Å². The lowest BCUT2D eigenvalue weighted by Crippen LogP contribution is -2.46. The molecule has 0 aliphatic rings. The first-order valence-electron chi connectivity index (χ1n) is 11.9. The van der Waals surface area contributed by atoms with Crippen LogP contribution in [-0.4, -0.2) is 54.6 Å². The van der Waals surface area contributed by atoms with Gasteiger partial charge in [0.25, 0.3) is 0 Å². The lowest BCUT2D eigenvalue weighted by atomic mass is 10.1. The predicted molar refractivity (Wildman–Crippen MR) is 140 cm³/mol. The highest BCUT2D eigenvalue weighted by atomic mass is 32.1. The summed E-state index contributed by atoms with van der Waals surface area (Å²) in [4.78, 5) is 48.0. The maximum Gasteiger partial charge on any atom is 0.239 e. The zero-order valence-corrected chi connectivity index (χ0v) is 21.8. The summed E-state index contributed by atoms with van der Waals surface area (Å²) >= 11 is 4.53. The average Bonchev–Trinajstić information content (AvgIpc) is 2.76. The van der Waals surface area contributed by atoms with Crippen LogP contribution in [0.1, 0.15) is 59.8 Å². The fourth-order valence-electron chi connectivity index (χ4n) is 2.90. The molecular formula is C25H42N4O4S. The van der Waals surface area contributed by atoms with Crippen LogP contribution in [-0.2, 0) is 19.2 Å². The number of hydrogen-bond acceptors (Lipinski definition) is 5. The van der Waals surface area contributed by atoms with Crippen molar-refractivity contribution in [1.82, 2.24) is 21.3 Å². The minimum Gasteiger partial charge on any atom is -0.356 e. The number of rotatable bonds is 17. The molecule has 0 saturated heterocycles. The molecule has 2 atom stereocenters. The van der Waals surface area contributed by atoms with E-state index in [0.29, 0.717) is 32.4 Å². The molecule has 4 amide bonds. The Labute approximate surface area is 209 Å². The Hall–Kier alpha value is -2.55. The van der Waals surface area contributed by atoms with Crippen molar-refractivity contribution in [3.8, 4) is 0 Å². The second kappa shape index (κ2) is 19.9. The summed E-state index contributed by atoms with van der Waals surface area (Å²) in [6.45, 7) is 8.49. The minimum atomic E-state index is -0.384. The number of amides is 4. The zero-order valence-electron chi connectivity index (χ0n) is 20.9. The van der Waals surface area contributed by atoms with Crippen molar-refractivity contribution < 1.29 is 19.2 Å². The highest BCUT2D eigenvalue weighted by Crippen LogP contribution is 2.12. The van der Waals surface area contributed by atoms with Gasteiger partial charge < -0.3 is 21.3 Å². The van der Waals surface area contributed by atoms with Crippen LogP contribution in [0.25, 0.3) is 0 Å². The molecule has 0 aromatic carbocycles. The first-order chi connectivity index (χ1) is 16.2. The Morgan fingerprint density at radius 3 is 2.18 bits per heavy atom. The van der Waals surface area contributed by atoms with E-state index in [2.05, 4.69) is 33.9 Å². The first-order valence-corrected chi connectivity index (χ1v) is 12.4. The minimum absolute atomic E-state index is 0.0267. The Kier molecular flexibility index (Phi) is 18.4. The van der Waals surface area contributed by atoms with Crippen molar-refractivity contribution in [3.05, 3.63) is 36.5 Å². The van der Waals surface area contributed by atoms with E-state index in [1.54, 1.807) is 0 Å². The normalized spacial score (nSPS) is 13.4. The molecule has 0 aromatic rings. The van der Waals surface area contributed by atoms with E-state index in [1.807, 2.05) is 64.2 Å². The van der Waals surface area contributed by atoms with Crippen molar-refractivity contribution in [2.24, 2.45) is 5.92 Å². The lowest BCUT2D eigenvalue weighted by Gasteiger charge is -2.23. The van der Waals surface area contributed by atoms with Gasteiger partial charge in [-0.15, -0.1) is 0 Å². The molecule has 0 aliphatic carbocycles. The van der Waals surface area contributed by atoms with E-state index < -0.39 is 0 Å². The standard InChI is InChI=1S/C25H42N4O4S/c1-5-7-8-9-10-11-13-20(21(34)17-24(32)26-6-2)29-25(33)18-28-22(30)14-12-15-27-23(31)16-19(3)4/h5,7-11,19-21,34H,6,12-18H2,1-4H3,(H,26,32)(H,27,31)(H,28,30)(H,29,33)/b7-5-,9-8-,11-10+. The largest absolute Gasteiger partial charge is 0.356 e. The fourth-order valence-corrected chi connectivity index (χ4v) is 3.26. The molecule has 0 rings (SSSR count). The van der Waals surface area contributed by atoms with Gasteiger partial charge in [0.1, 0.15) is 0 Å². The molecule has 0 aliphatic heterocycles. The summed E-state index contributed by atoms with van der Waals surface area (Å²) in [5.74, 6) is -0.484. The van der Waals surface area contributed by atoms with Gasteiger partial charge in [0.05, 0.1) is 6.54 Å². The maximum absolute atomic E-state index is 12.4. The molecule has 4 N–H and O–H groups in total. The summed E-state index contributed by atoms with van der Waals surface area (Å²) in [5, 5.41) is 10.6. The van der Waals surface area contributed by atoms with Crippen LogP contribution >= 0.6 is 12.6 Å². The third-order valence-electron chi connectivity index (χ3n) is 4.57. The van der Waals surface area contributed by atoms with Crippen molar-refractivity contribution in [2.75, 3.05) is 19.6 Å². The van der Waals surface area contributed by atoms with Gasteiger partial charge in [-0.3, -0.25) is 19.2 Å². The maximum atomic E-state index is 12.4. The van der Waals surface area contributed by atoms with E-state index >= 15 is 0 Å². The van der Waals surface area contributed by atoms with Crippen LogP contribution in [0.5, 0.6) is 0 Å². The third kappa shape index (κ3) is 17.9. The number of carbonyl (C=O) groups excluding carboxylic acids is 4. The Bertz CT molecular complexity index is 720. The second-order valence-corrected chi connectivity index (χ2v) is 8.97. The molecule has 34 heavy (non-hydrogen) atoms. The van der Waals surface area contributed by atoms with Crippen molar-refractivity contribution in [3.63, 3.8) is 0 Å².